The van der Waals surface area contributed by atoms with Crippen molar-refractivity contribution in [2.75, 3.05) is 12.8 Å². The summed E-state index contributed by atoms with van der Waals surface area (Å²) in [5.74, 6) is 1.28. The van der Waals surface area contributed by atoms with Crippen LogP contribution in [0.4, 0.5) is 5.69 Å². The second-order valence-electron chi connectivity index (χ2n) is 3.46. The predicted octanol–water partition coefficient (Wildman–Crippen LogP) is 3.09. The van der Waals surface area contributed by atoms with Crippen LogP contribution in [-0.4, -0.2) is 12.1 Å². The second kappa shape index (κ2) is 5.05. The van der Waals surface area contributed by atoms with E-state index in [1.807, 2.05) is 5.38 Å². The normalized spacial score (nSPS) is 10.2. The Morgan fingerprint density at radius 3 is 2.88 bits per heavy atom. The summed E-state index contributed by atoms with van der Waals surface area (Å²) < 4.78 is 10.8. The molecule has 2 aromatic rings. The summed E-state index contributed by atoms with van der Waals surface area (Å²) in [4.78, 5) is 4.32. The van der Waals surface area contributed by atoms with E-state index in [0.29, 0.717) is 22.4 Å². The van der Waals surface area contributed by atoms with Crippen LogP contribution in [0.25, 0.3) is 0 Å². The number of ether oxygens (including phenoxy) is 2. The summed E-state index contributed by atoms with van der Waals surface area (Å²) in [5.41, 5.74) is 7.42. The zero-order valence-corrected chi connectivity index (χ0v) is 10.6. The predicted molar refractivity (Wildman–Crippen MR) is 69.0 cm³/mol. The minimum absolute atomic E-state index is 0.569. The van der Waals surface area contributed by atoms with Gasteiger partial charge in [-0.3, -0.25) is 0 Å². The van der Waals surface area contributed by atoms with E-state index < -0.39 is 0 Å². The molecular formula is C12H14N2O2S. The van der Waals surface area contributed by atoms with Crippen molar-refractivity contribution in [1.82, 2.24) is 4.98 Å². The number of methoxy groups -OCH3 is 1. The first-order chi connectivity index (χ1) is 8.22. The zero-order valence-electron chi connectivity index (χ0n) is 9.77. The lowest BCUT2D eigenvalue weighted by molar-refractivity contribution is 0.409. The summed E-state index contributed by atoms with van der Waals surface area (Å²) in [6, 6.07) is 5.30. The first-order valence-corrected chi connectivity index (χ1v) is 6.16. The summed E-state index contributed by atoms with van der Waals surface area (Å²) in [6.07, 6.45) is 0.896. The molecule has 0 aliphatic carbocycles. The number of rotatable bonds is 4. The van der Waals surface area contributed by atoms with E-state index in [1.54, 1.807) is 25.3 Å². The Kier molecular flexibility index (Phi) is 3.49. The number of aryl methyl sites for hydroxylation is 1. The second-order valence-corrected chi connectivity index (χ2v) is 4.28. The summed E-state index contributed by atoms with van der Waals surface area (Å²) >= 11 is 1.46. The van der Waals surface area contributed by atoms with E-state index in [0.717, 1.165) is 12.1 Å². The number of nitrogens with zero attached hydrogens (tertiary/aromatic N) is 1. The van der Waals surface area contributed by atoms with Crippen LogP contribution in [-0.2, 0) is 6.42 Å². The molecule has 17 heavy (non-hydrogen) atoms. The van der Waals surface area contributed by atoms with Gasteiger partial charge in [-0.15, -0.1) is 0 Å². The number of aromatic nitrogens is 1. The molecule has 0 amide bonds. The van der Waals surface area contributed by atoms with Crippen LogP contribution >= 0.6 is 11.3 Å². The lowest BCUT2D eigenvalue weighted by Gasteiger charge is -2.07. The Morgan fingerprint density at radius 1 is 1.41 bits per heavy atom. The molecule has 0 aliphatic heterocycles. The molecule has 1 aromatic carbocycles. The zero-order chi connectivity index (χ0) is 12.3. The standard InChI is InChI=1S/C12H14N2O2S/c1-3-8-7-17-12(14-8)16-11-6-9(15-2)4-5-10(11)13/h4-7H,3,13H2,1-2H3. The maximum atomic E-state index is 5.83. The molecule has 0 fully saturated rings. The van der Waals surface area contributed by atoms with Crippen molar-refractivity contribution in [3.8, 4) is 16.7 Å². The van der Waals surface area contributed by atoms with Crippen molar-refractivity contribution in [2.45, 2.75) is 13.3 Å². The Bertz CT molecular complexity index is 511. The van der Waals surface area contributed by atoms with E-state index in [9.17, 15) is 0 Å². The van der Waals surface area contributed by atoms with Gasteiger partial charge in [0.1, 0.15) is 5.75 Å². The number of benzene rings is 1. The quantitative estimate of drug-likeness (QED) is 0.847. The maximum Gasteiger partial charge on any atom is 0.278 e. The van der Waals surface area contributed by atoms with Crippen LogP contribution in [0.15, 0.2) is 23.6 Å². The first-order valence-electron chi connectivity index (χ1n) is 5.28. The number of nitrogen functional groups attached to an aromatic ring is 1. The number of hydrogen-bond donors (Lipinski definition) is 1. The fraction of sp³-hybridized carbons (Fsp3) is 0.250. The van der Waals surface area contributed by atoms with Gasteiger partial charge in [-0.1, -0.05) is 18.3 Å². The van der Waals surface area contributed by atoms with Gasteiger partial charge >= 0.3 is 0 Å². The molecule has 0 saturated heterocycles. The van der Waals surface area contributed by atoms with Gasteiger partial charge < -0.3 is 15.2 Å². The van der Waals surface area contributed by atoms with Crippen LogP contribution in [0.2, 0.25) is 0 Å². The van der Waals surface area contributed by atoms with E-state index in [4.69, 9.17) is 15.2 Å². The van der Waals surface area contributed by atoms with Crippen molar-refractivity contribution >= 4 is 17.0 Å². The van der Waals surface area contributed by atoms with Crippen LogP contribution in [0.1, 0.15) is 12.6 Å². The topological polar surface area (TPSA) is 57.4 Å². The van der Waals surface area contributed by atoms with E-state index in [1.165, 1.54) is 11.3 Å². The first kappa shape index (κ1) is 11.7. The largest absolute Gasteiger partial charge is 0.497 e. The van der Waals surface area contributed by atoms with Gasteiger partial charge in [-0.25, -0.2) is 4.98 Å². The summed E-state index contributed by atoms with van der Waals surface area (Å²) in [7, 11) is 1.61. The van der Waals surface area contributed by atoms with Gasteiger partial charge in [0.15, 0.2) is 5.75 Å². The summed E-state index contributed by atoms with van der Waals surface area (Å²) in [5, 5.41) is 2.58. The molecule has 0 unspecified atom stereocenters. The molecule has 0 bridgehead atoms. The highest BCUT2D eigenvalue weighted by molar-refractivity contribution is 7.11. The third kappa shape index (κ3) is 2.68. The van der Waals surface area contributed by atoms with Crippen LogP contribution in [0, 0.1) is 0 Å². The number of hydrogen-bond acceptors (Lipinski definition) is 5. The van der Waals surface area contributed by atoms with Crippen LogP contribution < -0.4 is 15.2 Å². The highest BCUT2D eigenvalue weighted by Gasteiger charge is 2.07. The van der Waals surface area contributed by atoms with Crippen molar-refractivity contribution < 1.29 is 9.47 Å². The van der Waals surface area contributed by atoms with Gasteiger partial charge in [0.2, 0.25) is 0 Å². The Morgan fingerprint density at radius 2 is 2.24 bits per heavy atom. The molecule has 2 rings (SSSR count). The third-order valence-electron chi connectivity index (χ3n) is 2.31. The fourth-order valence-electron chi connectivity index (χ4n) is 1.32. The third-order valence-corrected chi connectivity index (χ3v) is 3.08. The number of nitrogens with two attached hydrogens (primary N) is 1. The molecule has 1 aromatic heterocycles. The SMILES string of the molecule is CCc1csc(Oc2cc(OC)ccc2N)n1. The minimum atomic E-state index is 0.569. The van der Waals surface area contributed by atoms with Gasteiger partial charge in [-0.05, 0) is 18.6 Å². The molecular weight excluding hydrogens is 236 g/mol. The Balaban J connectivity index is 2.22. The van der Waals surface area contributed by atoms with E-state index in [-0.39, 0.29) is 0 Å². The monoisotopic (exact) mass is 250 g/mol. The molecule has 0 radical (unpaired) electrons. The molecule has 1 heterocycles. The van der Waals surface area contributed by atoms with Crippen molar-refractivity contribution in [2.24, 2.45) is 0 Å². The smallest absolute Gasteiger partial charge is 0.278 e. The van der Waals surface area contributed by atoms with E-state index in [2.05, 4.69) is 11.9 Å². The van der Waals surface area contributed by atoms with Gasteiger partial charge in [0.05, 0.1) is 18.5 Å². The summed E-state index contributed by atoms with van der Waals surface area (Å²) in [6.45, 7) is 2.05. The molecule has 0 aliphatic rings. The average Bonchev–Trinajstić information content (AvgIpc) is 2.80. The van der Waals surface area contributed by atoms with Gasteiger partial charge in [-0.2, -0.15) is 0 Å². The molecule has 5 heteroatoms. The highest BCUT2D eigenvalue weighted by atomic mass is 32.1. The maximum absolute atomic E-state index is 5.83. The number of anilines is 1. The van der Waals surface area contributed by atoms with Crippen molar-refractivity contribution in [3.05, 3.63) is 29.3 Å². The van der Waals surface area contributed by atoms with Crippen LogP contribution in [0.3, 0.4) is 0 Å². The molecule has 0 atom stereocenters. The van der Waals surface area contributed by atoms with Crippen molar-refractivity contribution in [1.29, 1.82) is 0 Å². The van der Waals surface area contributed by atoms with Gasteiger partial charge in [0, 0.05) is 11.4 Å². The lowest BCUT2D eigenvalue weighted by atomic mass is 10.3. The average molecular weight is 250 g/mol. The molecule has 2 N–H and O–H groups in total. The molecule has 0 spiro atoms. The minimum Gasteiger partial charge on any atom is -0.497 e. The Hall–Kier alpha value is -1.75. The molecule has 0 saturated carbocycles. The van der Waals surface area contributed by atoms with Crippen LogP contribution in [0.5, 0.6) is 16.7 Å². The molecule has 4 nitrogen and oxygen atoms in total. The van der Waals surface area contributed by atoms with Crippen molar-refractivity contribution in [3.63, 3.8) is 0 Å². The highest BCUT2D eigenvalue weighted by Crippen LogP contribution is 2.32. The lowest BCUT2D eigenvalue weighted by Crippen LogP contribution is -1.93. The van der Waals surface area contributed by atoms with E-state index >= 15 is 0 Å². The Labute approximate surface area is 104 Å². The molecule has 90 valence electrons. The number of thiazole rings is 1. The van der Waals surface area contributed by atoms with Gasteiger partial charge in [0.25, 0.3) is 5.19 Å². The fourth-order valence-corrected chi connectivity index (χ4v) is 2.09.